The van der Waals surface area contributed by atoms with E-state index >= 15 is 4.39 Å². The molecule has 1 saturated heterocycles. The molecule has 4 heterocycles. The van der Waals surface area contributed by atoms with Crippen molar-refractivity contribution in [1.29, 1.82) is 0 Å². The Kier molecular flexibility index (Phi) is 6.26. The highest BCUT2D eigenvalue weighted by atomic mass is 19.1. The number of aromatic nitrogens is 5. The lowest BCUT2D eigenvalue weighted by molar-refractivity contribution is 0.0552. The first-order valence-electron chi connectivity index (χ1n) is 13.3. The van der Waals surface area contributed by atoms with E-state index in [9.17, 15) is 4.91 Å². The highest BCUT2D eigenvalue weighted by Gasteiger charge is 2.34. The molecule has 0 bridgehead atoms. The summed E-state index contributed by atoms with van der Waals surface area (Å²) in [4.78, 5) is 16.6. The molecule has 0 N–H and O–H groups in total. The fourth-order valence-corrected chi connectivity index (χ4v) is 6.07. The number of hydrogen-bond acceptors (Lipinski definition) is 6. The number of ether oxygens (including phenoxy) is 1. The van der Waals surface area contributed by atoms with Gasteiger partial charge in [0.05, 0.1) is 34.0 Å². The zero-order chi connectivity index (χ0) is 27.3. The Bertz CT molecular complexity index is 1670. The largest absolute Gasteiger partial charge is 0.381 e. The number of hydrogen-bond donors (Lipinski definition) is 0. The molecule has 0 amide bonds. The minimum absolute atomic E-state index is 0.171. The maximum Gasteiger partial charge on any atom is 0.153 e. The highest BCUT2D eigenvalue weighted by Crippen LogP contribution is 2.43. The Labute approximate surface area is 225 Å². The van der Waals surface area contributed by atoms with Gasteiger partial charge in [-0.25, -0.2) is 9.07 Å². The zero-order valence-corrected chi connectivity index (χ0v) is 22.6. The van der Waals surface area contributed by atoms with Crippen molar-refractivity contribution < 1.29 is 9.13 Å². The van der Waals surface area contributed by atoms with Crippen molar-refractivity contribution in [3.05, 3.63) is 82.3 Å². The smallest absolute Gasteiger partial charge is 0.153 e. The van der Waals surface area contributed by atoms with Crippen LogP contribution in [0.2, 0.25) is 0 Å². The molecule has 0 spiro atoms. The Morgan fingerprint density at radius 2 is 1.87 bits per heavy atom. The maximum atomic E-state index is 16.7. The number of nitroso groups, excluding NO2 is 1. The summed E-state index contributed by atoms with van der Waals surface area (Å²) < 4.78 is 26.2. The summed E-state index contributed by atoms with van der Waals surface area (Å²) in [5, 5.41) is 12.4. The van der Waals surface area contributed by atoms with Gasteiger partial charge in [0.2, 0.25) is 0 Å². The second kappa shape index (κ2) is 9.64. The van der Waals surface area contributed by atoms with Gasteiger partial charge >= 0.3 is 0 Å². The predicted molar refractivity (Wildman–Crippen MR) is 149 cm³/mol. The third-order valence-corrected chi connectivity index (χ3v) is 8.03. The lowest BCUT2D eigenvalue weighted by Crippen LogP contribution is -2.27. The molecule has 200 valence electrons. The third-order valence-electron chi connectivity index (χ3n) is 8.03. The Morgan fingerprint density at radius 1 is 1.13 bits per heavy atom. The van der Waals surface area contributed by atoms with E-state index in [1.165, 1.54) is 0 Å². The summed E-state index contributed by atoms with van der Waals surface area (Å²) in [6, 6.07) is 15.7. The number of nitrogens with zero attached hydrogens (tertiary/aromatic N) is 6. The fourth-order valence-electron chi connectivity index (χ4n) is 6.07. The van der Waals surface area contributed by atoms with Gasteiger partial charge in [0.1, 0.15) is 5.54 Å². The molecule has 1 aliphatic heterocycles. The number of rotatable bonds is 6. The van der Waals surface area contributed by atoms with E-state index in [0.717, 1.165) is 40.9 Å². The van der Waals surface area contributed by atoms with Crippen molar-refractivity contribution in [2.45, 2.75) is 45.2 Å². The second-order valence-corrected chi connectivity index (χ2v) is 10.9. The minimum atomic E-state index is -1.23. The van der Waals surface area contributed by atoms with E-state index < -0.39 is 11.4 Å². The van der Waals surface area contributed by atoms with Crippen LogP contribution in [0.4, 0.5) is 4.39 Å². The molecule has 8 nitrogen and oxygen atoms in total. The predicted octanol–water partition coefficient (Wildman–Crippen LogP) is 6.45. The first kappa shape index (κ1) is 25.3. The van der Waals surface area contributed by atoms with E-state index in [2.05, 4.69) is 38.3 Å². The summed E-state index contributed by atoms with van der Waals surface area (Å²) in [7, 11) is 1.85. The molecular formula is C30H31FN6O2. The molecule has 1 unspecified atom stereocenters. The molecule has 1 fully saturated rings. The Balaban J connectivity index is 1.73. The second-order valence-electron chi connectivity index (χ2n) is 10.9. The van der Waals surface area contributed by atoms with Crippen LogP contribution in [0.15, 0.2) is 59.9 Å². The Morgan fingerprint density at radius 3 is 2.54 bits per heavy atom. The van der Waals surface area contributed by atoms with Crippen LogP contribution in [0, 0.1) is 23.6 Å². The van der Waals surface area contributed by atoms with Crippen LogP contribution in [0.25, 0.3) is 33.2 Å². The highest BCUT2D eigenvalue weighted by molar-refractivity contribution is 6.07. The van der Waals surface area contributed by atoms with Crippen LogP contribution in [0.1, 0.15) is 49.6 Å². The monoisotopic (exact) mass is 526 g/mol. The van der Waals surface area contributed by atoms with E-state index in [0.29, 0.717) is 29.6 Å². The van der Waals surface area contributed by atoms with Crippen LogP contribution in [-0.2, 0) is 17.3 Å². The molecule has 9 heteroatoms. The molecule has 1 aliphatic rings. The van der Waals surface area contributed by atoms with Crippen molar-refractivity contribution in [2.75, 3.05) is 13.2 Å². The first-order chi connectivity index (χ1) is 18.8. The standard InChI is InChI=1S/C30H31FN6O2/c1-18-27(36(4)35-33-18)21-16-24-26(32-17-21)22-10-11-23(30(2,3)34-38)25(31)29(22)37(24)28(19-8-6-5-7-9-19)20-12-14-39-15-13-20/h5-11,16-17,20,28H,12-15H2,1-4H3. The van der Waals surface area contributed by atoms with Gasteiger partial charge in [-0.15, -0.1) is 10.0 Å². The van der Waals surface area contributed by atoms with Crippen LogP contribution in [-0.4, -0.2) is 37.8 Å². The molecule has 39 heavy (non-hydrogen) atoms. The SMILES string of the molecule is Cc1nnn(C)c1-c1cnc2c3ccc(C(C)(C)N=O)c(F)c3n(C(c3ccccc3)C3CCOCC3)c2c1. The minimum Gasteiger partial charge on any atom is -0.381 e. The number of aryl methyl sites for hydroxylation is 2. The molecule has 3 aromatic heterocycles. The van der Waals surface area contributed by atoms with Gasteiger partial charge in [0.25, 0.3) is 0 Å². The van der Waals surface area contributed by atoms with Crippen molar-refractivity contribution in [1.82, 2.24) is 24.5 Å². The summed E-state index contributed by atoms with van der Waals surface area (Å²) in [5.74, 6) is -0.230. The van der Waals surface area contributed by atoms with Crippen molar-refractivity contribution in [3.63, 3.8) is 0 Å². The van der Waals surface area contributed by atoms with E-state index in [-0.39, 0.29) is 17.5 Å². The van der Waals surface area contributed by atoms with Crippen molar-refractivity contribution in [3.8, 4) is 11.3 Å². The van der Waals surface area contributed by atoms with E-state index in [4.69, 9.17) is 9.72 Å². The molecule has 0 radical (unpaired) electrons. The third kappa shape index (κ3) is 4.12. The fraction of sp³-hybridized carbons (Fsp3) is 0.367. The Hall–Kier alpha value is -3.98. The maximum absolute atomic E-state index is 16.7. The quantitative estimate of drug-likeness (QED) is 0.237. The number of halogens is 1. The van der Waals surface area contributed by atoms with Gasteiger partial charge in [-0.1, -0.05) is 52.9 Å². The average molecular weight is 527 g/mol. The van der Waals surface area contributed by atoms with Gasteiger partial charge < -0.3 is 9.30 Å². The van der Waals surface area contributed by atoms with Crippen LogP contribution < -0.4 is 0 Å². The van der Waals surface area contributed by atoms with E-state index in [1.54, 1.807) is 30.8 Å². The average Bonchev–Trinajstić information content (AvgIpc) is 3.46. The van der Waals surface area contributed by atoms with Gasteiger partial charge in [0.15, 0.2) is 5.82 Å². The first-order valence-corrected chi connectivity index (χ1v) is 13.3. The summed E-state index contributed by atoms with van der Waals surface area (Å²) in [6.07, 6.45) is 3.50. The molecule has 6 rings (SSSR count). The van der Waals surface area contributed by atoms with Crippen LogP contribution >= 0.6 is 0 Å². The molecule has 5 aromatic rings. The topological polar surface area (TPSA) is 87.2 Å². The molecule has 1 atom stereocenters. The summed E-state index contributed by atoms with van der Waals surface area (Å²) in [5.41, 5.74) is 4.58. The number of fused-ring (bicyclic) bond motifs is 3. The lowest BCUT2D eigenvalue weighted by atomic mass is 9.86. The molecule has 0 aliphatic carbocycles. The number of pyridine rings is 1. The van der Waals surface area contributed by atoms with Crippen LogP contribution in [0.3, 0.4) is 0 Å². The molecule has 2 aromatic carbocycles. The summed E-state index contributed by atoms with van der Waals surface area (Å²) >= 11 is 0. The number of benzene rings is 2. The van der Waals surface area contributed by atoms with Crippen molar-refractivity contribution in [2.24, 2.45) is 18.1 Å². The van der Waals surface area contributed by atoms with Crippen molar-refractivity contribution >= 4 is 21.9 Å². The van der Waals surface area contributed by atoms with Gasteiger partial charge in [0, 0.05) is 43.0 Å². The molecular weight excluding hydrogens is 495 g/mol. The van der Waals surface area contributed by atoms with Gasteiger partial charge in [-0.05, 0) is 51.2 Å². The lowest BCUT2D eigenvalue weighted by Gasteiger charge is -2.33. The zero-order valence-electron chi connectivity index (χ0n) is 22.6. The van der Waals surface area contributed by atoms with E-state index in [1.807, 2.05) is 38.2 Å². The normalized spacial score (nSPS) is 15.7. The van der Waals surface area contributed by atoms with Gasteiger partial charge in [-0.3, -0.25) is 4.98 Å². The summed E-state index contributed by atoms with van der Waals surface area (Å²) in [6.45, 7) is 6.50. The van der Waals surface area contributed by atoms with Crippen LogP contribution in [0.5, 0.6) is 0 Å². The van der Waals surface area contributed by atoms with Gasteiger partial charge in [-0.2, -0.15) is 0 Å². The molecule has 0 saturated carbocycles.